The second-order valence-corrected chi connectivity index (χ2v) is 8.26. The molecule has 7 nitrogen and oxygen atoms in total. The number of pyridine rings is 1. The first kappa shape index (κ1) is 20.0. The molecule has 1 atom stereocenters. The quantitative estimate of drug-likeness (QED) is 0.855. The summed E-state index contributed by atoms with van der Waals surface area (Å²) in [6.07, 6.45) is 4.57. The van der Waals surface area contributed by atoms with Gasteiger partial charge in [-0.1, -0.05) is 0 Å². The number of carbonyl (C=O) groups is 1. The van der Waals surface area contributed by atoms with Crippen LogP contribution in [0.3, 0.4) is 0 Å². The predicted octanol–water partition coefficient (Wildman–Crippen LogP) is 2.78. The average molecular weight is 383 g/mol. The molecule has 150 valence electrons. The van der Waals surface area contributed by atoms with Crippen LogP contribution in [0.4, 0.5) is 5.82 Å². The lowest BCUT2D eigenvalue weighted by Crippen LogP contribution is -2.50. The molecule has 7 heteroatoms. The number of rotatable bonds is 5. The number of nitrogens with one attached hydrogen (secondary N) is 1. The van der Waals surface area contributed by atoms with Gasteiger partial charge in [0.15, 0.2) is 5.82 Å². The first-order chi connectivity index (χ1) is 13.2. The highest BCUT2D eigenvalue weighted by atomic mass is 16.5. The van der Waals surface area contributed by atoms with Gasteiger partial charge in [-0.25, -0.2) is 9.97 Å². The number of likely N-dealkylation sites (N-methyl/N-ethyl adjacent to an activating group) is 1. The van der Waals surface area contributed by atoms with E-state index in [4.69, 9.17) is 14.7 Å². The Morgan fingerprint density at radius 1 is 1.29 bits per heavy atom. The molecule has 1 amide bonds. The molecule has 2 heterocycles. The summed E-state index contributed by atoms with van der Waals surface area (Å²) >= 11 is 0. The zero-order valence-corrected chi connectivity index (χ0v) is 17.5. The normalized spacial score (nSPS) is 14.4. The number of fused-ring (bicyclic) bond motifs is 1. The smallest absolute Gasteiger partial charge is 0.242 e. The van der Waals surface area contributed by atoms with E-state index in [2.05, 4.69) is 10.3 Å². The van der Waals surface area contributed by atoms with Crippen molar-refractivity contribution in [3.05, 3.63) is 29.6 Å². The first-order valence-electron chi connectivity index (χ1n) is 9.64. The van der Waals surface area contributed by atoms with Gasteiger partial charge < -0.3 is 15.0 Å². The van der Waals surface area contributed by atoms with Crippen LogP contribution in [0.15, 0.2) is 18.3 Å². The molecule has 2 aromatic rings. The van der Waals surface area contributed by atoms with Crippen LogP contribution >= 0.6 is 0 Å². The molecule has 0 aliphatic heterocycles. The Bertz CT molecular complexity index is 876. The number of hydrogen-bond donors (Lipinski definition) is 1. The number of aryl methyl sites for hydroxylation is 1. The van der Waals surface area contributed by atoms with Gasteiger partial charge in [0.25, 0.3) is 0 Å². The molecule has 0 spiro atoms. The lowest BCUT2D eigenvalue weighted by Gasteiger charge is -2.30. The summed E-state index contributed by atoms with van der Waals surface area (Å²) < 4.78 is 5.30. The average Bonchev–Trinajstić information content (AvgIpc) is 3.13. The van der Waals surface area contributed by atoms with Gasteiger partial charge in [-0.05, 0) is 53.0 Å². The monoisotopic (exact) mass is 383 g/mol. The lowest BCUT2D eigenvalue weighted by atomic mass is 10.1. The molecule has 2 aromatic heterocycles. The first-order valence-corrected chi connectivity index (χ1v) is 9.64. The number of ether oxygens (including phenoxy) is 1. The maximum absolute atomic E-state index is 12.7. The molecule has 3 rings (SSSR count). The van der Waals surface area contributed by atoms with E-state index in [-0.39, 0.29) is 17.5 Å². The molecule has 0 aromatic carbocycles. The van der Waals surface area contributed by atoms with Crippen LogP contribution in [0.25, 0.3) is 11.5 Å². The molecule has 0 unspecified atom stereocenters. The van der Waals surface area contributed by atoms with Crippen LogP contribution in [0, 0.1) is 0 Å². The molecule has 1 aliphatic rings. The Balaban J connectivity index is 1.98. The Hall–Kier alpha value is -2.70. The van der Waals surface area contributed by atoms with Crippen LogP contribution in [0.5, 0.6) is 5.75 Å². The number of anilines is 1. The molecular weight excluding hydrogens is 354 g/mol. The van der Waals surface area contributed by atoms with Crippen molar-refractivity contribution in [2.45, 2.75) is 58.5 Å². The van der Waals surface area contributed by atoms with E-state index in [1.165, 1.54) is 0 Å². The Morgan fingerprint density at radius 2 is 2.04 bits per heavy atom. The van der Waals surface area contributed by atoms with Gasteiger partial charge in [-0.2, -0.15) is 0 Å². The fourth-order valence-corrected chi connectivity index (χ4v) is 3.31. The maximum Gasteiger partial charge on any atom is 0.242 e. The topological polar surface area (TPSA) is 80.2 Å². The van der Waals surface area contributed by atoms with E-state index >= 15 is 0 Å². The van der Waals surface area contributed by atoms with Gasteiger partial charge >= 0.3 is 0 Å². The standard InChI is InChI=1S/C21H29N5O2/c1-13(20(27)25-21(2,3)4)26(5)19-15-8-7-9-16(15)23-18(24-19)17-12-14(28-6)10-11-22-17/h10-13H,7-9H2,1-6H3,(H,25,27)/t13-/m1/s1. The number of methoxy groups -OCH3 is 1. The SMILES string of the molecule is COc1ccnc(-c2nc3c(c(N(C)[C@H](C)C(=O)NC(C)(C)C)n2)CCC3)c1. The van der Waals surface area contributed by atoms with E-state index in [1.807, 2.05) is 45.7 Å². The third kappa shape index (κ3) is 4.24. The van der Waals surface area contributed by atoms with Crippen LogP contribution in [0.2, 0.25) is 0 Å². The van der Waals surface area contributed by atoms with Crippen molar-refractivity contribution in [1.29, 1.82) is 0 Å². The van der Waals surface area contributed by atoms with E-state index in [9.17, 15) is 4.79 Å². The zero-order chi connectivity index (χ0) is 20.5. The minimum absolute atomic E-state index is 0.0265. The molecule has 0 saturated carbocycles. The van der Waals surface area contributed by atoms with Gasteiger partial charge in [0.2, 0.25) is 5.91 Å². The minimum Gasteiger partial charge on any atom is -0.497 e. The zero-order valence-electron chi connectivity index (χ0n) is 17.5. The van der Waals surface area contributed by atoms with Crippen molar-refractivity contribution in [3.63, 3.8) is 0 Å². The summed E-state index contributed by atoms with van der Waals surface area (Å²) in [6.45, 7) is 7.83. The number of aromatic nitrogens is 3. The molecule has 1 aliphatic carbocycles. The van der Waals surface area contributed by atoms with Crippen molar-refractivity contribution in [2.24, 2.45) is 0 Å². The Labute approximate surface area is 166 Å². The second-order valence-electron chi connectivity index (χ2n) is 8.26. The molecular formula is C21H29N5O2. The third-order valence-electron chi connectivity index (χ3n) is 4.90. The minimum atomic E-state index is -0.357. The molecule has 0 fully saturated rings. The molecule has 28 heavy (non-hydrogen) atoms. The fraction of sp³-hybridized carbons (Fsp3) is 0.524. The van der Waals surface area contributed by atoms with Crippen LogP contribution < -0.4 is 15.0 Å². The van der Waals surface area contributed by atoms with Crippen molar-refractivity contribution >= 4 is 11.7 Å². The summed E-state index contributed by atoms with van der Waals surface area (Å²) in [5.74, 6) is 2.05. The van der Waals surface area contributed by atoms with E-state index in [0.717, 1.165) is 36.3 Å². The fourth-order valence-electron chi connectivity index (χ4n) is 3.31. The third-order valence-corrected chi connectivity index (χ3v) is 4.90. The molecule has 0 radical (unpaired) electrons. The van der Waals surface area contributed by atoms with Gasteiger partial charge in [0.05, 0.1) is 7.11 Å². The largest absolute Gasteiger partial charge is 0.497 e. The summed E-state index contributed by atoms with van der Waals surface area (Å²) in [5.41, 5.74) is 2.55. The number of nitrogens with zero attached hydrogens (tertiary/aromatic N) is 4. The predicted molar refractivity (Wildman–Crippen MR) is 110 cm³/mol. The van der Waals surface area contributed by atoms with E-state index in [1.54, 1.807) is 19.4 Å². The summed E-state index contributed by atoms with van der Waals surface area (Å²) in [4.78, 5) is 28.6. The Morgan fingerprint density at radius 3 is 2.71 bits per heavy atom. The van der Waals surface area contributed by atoms with Crippen molar-refractivity contribution in [3.8, 4) is 17.3 Å². The van der Waals surface area contributed by atoms with Gasteiger partial charge in [-0.15, -0.1) is 0 Å². The van der Waals surface area contributed by atoms with E-state index in [0.29, 0.717) is 17.3 Å². The maximum atomic E-state index is 12.7. The van der Waals surface area contributed by atoms with E-state index < -0.39 is 0 Å². The molecule has 1 N–H and O–H groups in total. The number of carbonyl (C=O) groups excluding carboxylic acids is 1. The highest BCUT2D eigenvalue weighted by Gasteiger charge is 2.28. The van der Waals surface area contributed by atoms with Crippen molar-refractivity contribution in [2.75, 3.05) is 19.1 Å². The highest BCUT2D eigenvalue weighted by Crippen LogP contribution is 2.32. The summed E-state index contributed by atoms with van der Waals surface area (Å²) in [7, 11) is 3.54. The Kier molecular flexibility index (Phi) is 5.54. The van der Waals surface area contributed by atoms with Gasteiger partial charge in [-0.3, -0.25) is 9.78 Å². The van der Waals surface area contributed by atoms with Crippen LogP contribution in [-0.4, -0.2) is 46.6 Å². The molecule has 0 bridgehead atoms. The lowest BCUT2D eigenvalue weighted by molar-refractivity contribution is -0.123. The van der Waals surface area contributed by atoms with Gasteiger partial charge in [0.1, 0.15) is 23.3 Å². The van der Waals surface area contributed by atoms with Crippen LogP contribution in [-0.2, 0) is 17.6 Å². The van der Waals surface area contributed by atoms with Crippen molar-refractivity contribution in [1.82, 2.24) is 20.3 Å². The molecule has 0 saturated heterocycles. The summed E-state index contributed by atoms with van der Waals surface area (Å²) in [5, 5.41) is 3.05. The number of amides is 1. The second kappa shape index (κ2) is 7.73. The highest BCUT2D eigenvalue weighted by molar-refractivity contribution is 5.85. The summed E-state index contributed by atoms with van der Waals surface area (Å²) in [6, 6.07) is 3.27. The number of hydrogen-bond acceptors (Lipinski definition) is 6. The van der Waals surface area contributed by atoms with Crippen molar-refractivity contribution < 1.29 is 9.53 Å². The van der Waals surface area contributed by atoms with Crippen LogP contribution in [0.1, 0.15) is 45.4 Å². The van der Waals surface area contributed by atoms with Gasteiger partial charge in [0, 0.05) is 36.1 Å².